The predicted octanol–water partition coefficient (Wildman–Crippen LogP) is 4.20. The standard InChI is InChI=1S/C19H37NO5Si/c1-14(21)24-16-10-11-20(17(22)25-18(2,3)4)12-15(16)13-23-26(8,9)19(5,6)7/h15-16H,10-13H2,1-9H3. The first-order valence-corrected chi connectivity index (χ1v) is 12.3. The lowest BCUT2D eigenvalue weighted by molar-refractivity contribution is -0.152. The molecule has 1 saturated heterocycles. The van der Waals surface area contributed by atoms with E-state index in [1.165, 1.54) is 6.92 Å². The highest BCUT2D eigenvalue weighted by Gasteiger charge is 2.40. The summed E-state index contributed by atoms with van der Waals surface area (Å²) in [4.78, 5) is 25.6. The minimum absolute atomic E-state index is 0.0470. The van der Waals surface area contributed by atoms with Crippen molar-refractivity contribution in [2.45, 2.75) is 84.7 Å². The zero-order valence-corrected chi connectivity index (χ0v) is 19.0. The smallest absolute Gasteiger partial charge is 0.410 e. The van der Waals surface area contributed by atoms with Crippen molar-refractivity contribution in [2.75, 3.05) is 19.7 Å². The number of esters is 1. The van der Waals surface area contributed by atoms with Crippen LogP contribution in [0.1, 0.15) is 54.9 Å². The third kappa shape index (κ3) is 6.91. The fourth-order valence-corrected chi connectivity index (χ4v) is 3.63. The highest BCUT2D eigenvalue weighted by molar-refractivity contribution is 6.74. The highest BCUT2D eigenvalue weighted by atomic mass is 28.4. The van der Waals surface area contributed by atoms with Crippen LogP contribution in [0.4, 0.5) is 4.79 Å². The Morgan fingerprint density at radius 3 is 2.15 bits per heavy atom. The number of carbonyl (C=O) groups excluding carboxylic acids is 2. The van der Waals surface area contributed by atoms with E-state index in [0.29, 0.717) is 26.1 Å². The number of amides is 1. The number of carbonyl (C=O) groups is 2. The molecule has 0 aliphatic carbocycles. The van der Waals surface area contributed by atoms with E-state index >= 15 is 0 Å². The van der Waals surface area contributed by atoms with Gasteiger partial charge in [0.2, 0.25) is 0 Å². The van der Waals surface area contributed by atoms with Crippen LogP contribution in [-0.2, 0) is 18.7 Å². The van der Waals surface area contributed by atoms with Crippen molar-refractivity contribution in [1.29, 1.82) is 0 Å². The molecule has 1 aliphatic heterocycles. The molecule has 0 N–H and O–H groups in total. The molecule has 2 unspecified atom stereocenters. The molecule has 7 heteroatoms. The van der Waals surface area contributed by atoms with Crippen LogP contribution in [0.5, 0.6) is 0 Å². The molecule has 152 valence electrons. The molecule has 1 fully saturated rings. The fourth-order valence-electron chi connectivity index (χ4n) is 2.56. The van der Waals surface area contributed by atoms with Crippen molar-refractivity contribution in [3.05, 3.63) is 0 Å². The third-order valence-corrected chi connectivity index (χ3v) is 9.60. The monoisotopic (exact) mass is 387 g/mol. The summed E-state index contributed by atoms with van der Waals surface area (Å²) in [6.07, 6.45) is 0.0525. The number of likely N-dealkylation sites (tertiary alicyclic amines) is 1. The molecular weight excluding hydrogens is 350 g/mol. The minimum atomic E-state index is -1.92. The van der Waals surface area contributed by atoms with Gasteiger partial charge < -0.3 is 18.8 Å². The molecule has 0 saturated carbocycles. The summed E-state index contributed by atoms with van der Waals surface area (Å²) >= 11 is 0. The second-order valence-electron chi connectivity index (χ2n) is 9.69. The van der Waals surface area contributed by atoms with E-state index in [0.717, 1.165) is 0 Å². The van der Waals surface area contributed by atoms with Crippen LogP contribution in [-0.4, -0.2) is 56.7 Å². The molecule has 1 amide bonds. The topological polar surface area (TPSA) is 65.1 Å². The lowest BCUT2D eigenvalue weighted by Crippen LogP contribution is -2.51. The molecule has 0 aromatic rings. The van der Waals surface area contributed by atoms with E-state index in [1.54, 1.807) is 4.90 Å². The van der Waals surface area contributed by atoms with Gasteiger partial charge in [0, 0.05) is 39.0 Å². The summed E-state index contributed by atoms with van der Waals surface area (Å²) in [7, 11) is -1.92. The molecule has 0 bridgehead atoms. The first-order chi connectivity index (χ1) is 11.6. The van der Waals surface area contributed by atoms with Crippen molar-refractivity contribution < 1.29 is 23.5 Å². The maximum absolute atomic E-state index is 12.4. The van der Waals surface area contributed by atoms with E-state index in [1.807, 2.05) is 20.8 Å². The zero-order chi connectivity index (χ0) is 20.3. The van der Waals surface area contributed by atoms with Crippen molar-refractivity contribution in [2.24, 2.45) is 5.92 Å². The normalized spacial score (nSPS) is 22.1. The Kier molecular flexibility index (Phi) is 7.32. The van der Waals surface area contributed by atoms with Gasteiger partial charge in [0.15, 0.2) is 8.32 Å². The van der Waals surface area contributed by atoms with Crippen LogP contribution >= 0.6 is 0 Å². The molecule has 1 aliphatic rings. The Hall–Kier alpha value is -1.08. The number of hydrogen-bond acceptors (Lipinski definition) is 5. The van der Waals surface area contributed by atoms with Crippen molar-refractivity contribution in [1.82, 2.24) is 4.90 Å². The zero-order valence-electron chi connectivity index (χ0n) is 18.0. The quantitative estimate of drug-likeness (QED) is 0.534. The molecule has 0 aromatic carbocycles. The van der Waals surface area contributed by atoms with E-state index in [-0.39, 0.29) is 29.1 Å². The molecule has 26 heavy (non-hydrogen) atoms. The Morgan fingerprint density at radius 2 is 1.69 bits per heavy atom. The van der Waals surface area contributed by atoms with Crippen LogP contribution in [0.15, 0.2) is 0 Å². The number of hydrogen-bond donors (Lipinski definition) is 0. The number of nitrogens with zero attached hydrogens (tertiary/aromatic N) is 1. The van der Waals surface area contributed by atoms with Gasteiger partial charge in [-0.05, 0) is 38.9 Å². The van der Waals surface area contributed by atoms with Crippen molar-refractivity contribution in [3.63, 3.8) is 0 Å². The first-order valence-electron chi connectivity index (χ1n) is 9.41. The first kappa shape index (κ1) is 23.0. The maximum Gasteiger partial charge on any atom is 0.410 e. The second kappa shape index (κ2) is 8.29. The molecule has 1 heterocycles. The summed E-state index contributed by atoms with van der Waals surface area (Å²) in [6, 6.07) is 0. The van der Waals surface area contributed by atoms with Gasteiger partial charge in [-0.25, -0.2) is 4.79 Å². The van der Waals surface area contributed by atoms with Gasteiger partial charge in [-0.2, -0.15) is 0 Å². The number of rotatable bonds is 4. The van der Waals surface area contributed by atoms with Crippen LogP contribution in [0.25, 0.3) is 0 Å². The van der Waals surface area contributed by atoms with Crippen LogP contribution in [0.3, 0.4) is 0 Å². The summed E-state index contributed by atoms with van der Waals surface area (Å²) in [5, 5.41) is 0.101. The van der Waals surface area contributed by atoms with Crippen molar-refractivity contribution >= 4 is 20.4 Å². The van der Waals surface area contributed by atoms with Gasteiger partial charge in [0.05, 0.1) is 0 Å². The van der Waals surface area contributed by atoms with Crippen LogP contribution in [0, 0.1) is 5.92 Å². The Morgan fingerprint density at radius 1 is 1.12 bits per heavy atom. The van der Waals surface area contributed by atoms with Crippen molar-refractivity contribution in [3.8, 4) is 0 Å². The molecule has 0 aromatic heterocycles. The van der Waals surface area contributed by atoms with Crippen LogP contribution in [0.2, 0.25) is 18.1 Å². The van der Waals surface area contributed by atoms with Gasteiger partial charge in [-0.15, -0.1) is 0 Å². The highest BCUT2D eigenvalue weighted by Crippen LogP contribution is 2.37. The lowest BCUT2D eigenvalue weighted by atomic mass is 9.95. The summed E-state index contributed by atoms with van der Waals surface area (Å²) in [5.74, 6) is -0.340. The van der Waals surface area contributed by atoms with Crippen LogP contribution < -0.4 is 0 Å². The average Bonchev–Trinajstić information content (AvgIpc) is 2.42. The van der Waals surface area contributed by atoms with E-state index in [9.17, 15) is 9.59 Å². The largest absolute Gasteiger partial charge is 0.462 e. The third-order valence-electron chi connectivity index (χ3n) is 5.10. The van der Waals surface area contributed by atoms with Gasteiger partial charge in [-0.1, -0.05) is 20.8 Å². The Bertz CT molecular complexity index is 507. The van der Waals surface area contributed by atoms with Gasteiger partial charge in [0.25, 0.3) is 0 Å². The Labute approximate surface area is 159 Å². The second-order valence-corrected chi connectivity index (χ2v) is 14.5. The Balaban J connectivity index is 2.82. The fraction of sp³-hybridized carbons (Fsp3) is 0.895. The van der Waals surface area contributed by atoms with Gasteiger partial charge >= 0.3 is 12.1 Å². The molecule has 6 nitrogen and oxygen atoms in total. The number of piperidine rings is 1. The summed E-state index contributed by atoms with van der Waals surface area (Å²) in [5.41, 5.74) is -0.531. The lowest BCUT2D eigenvalue weighted by Gasteiger charge is -2.41. The maximum atomic E-state index is 12.4. The SMILES string of the molecule is CC(=O)OC1CCN(C(=O)OC(C)(C)C)CC1CO[Si](C)(C)C(C)(C)C. The molecule has 1 rings (SSSR count). The average molecular weight is 388 g/mol. The molecule has 2 atom stereocenters. The minimum Gasteiger partial charge on any atom is -0.462 e. The number of ether oxygens (including phenoxy) is 2. The van der Waals surface area contributed by atoms with Gasteiger partial charge in [-0.3, -0.25) is 4.79 Å². The molecular formula is C19H37NO5Si. The predicted molar refractivity (Wildman–Crippen MR) is 105 cm³/mol. The summed E-state index contributed by atoms with van der Waals surface area (Å²) in [6.45, 7) is 19.4. The van der Waals surface area contributed by atoms with E-state index in [4.69, 9.17) is 13.9 Å². The van der Waals surface area contributed by atoms with E-state index < -0.39 is 13.9 Å². The van der Waals surface area contributed by atoms with E-state index in [2.05, 4.69) is 33.9 Å². The van der Waals surface area contributed by atoms with Gasteiger partial charge in [0.1, 0.15) is 11.7 Å². The molecule has 0 spiro atoms. The summed E-state index contributed by atoms with van der Waals surface area (Å²) < 4.78 is 17.3. The molecule has 0 radical (unpaired) electrons.